The van der Waals surface area contributed by atoms with Gasteiger partial charge in [-0.15, -0.1) is 0 Å². The third-order valence-corrected chi connectivity index (χ3v) is 6.32. The van der Waals surface area contributed by atoms with E-state index < -0.39 is 23.3 Å². The Balaban J connectivity index is 1.72. The highest BCUT2D eigenvalue weighted by atomic mass is 35.5. The average Bonchev–Trinajstić information content (AvgIpc) is 3.18. The second kappa shape index (κ2) is 9.63. The fourth-order valence-electron chi connectivity index (χ4n) is 4.47. The molecular formula is C28H22ClNO7. The van der Waals surface area contributed by atoms with Gasteiger partial charge in [0.15, 0.2) is 16.9 Å². The molecule has 0 saturated heterocycles. The first-order chi connectivity index (χ1) is 17.8. The van der Waals surface area contributed by atoms with Crippen LogP contribution >= 0.6 is 11.6 Å². The number of esters is 1. The second-order valence-electron chi connectivity index (χ2n) is 8.32. The molecule has 0 fully saturated rings. The van der Waals surface area contributed by atoms with Crippen LogP contribution in [0.2, 0.25) is 5.02 Å². The van der Waals surface area contributed by atoms with E-state index in [9.17, 15) is 19.5 Å². The predicted molar refractivity (Wildman–Crippen MR) is 138 cm³/mol. The van der Waals surface area contributed by atoms with E-state index in [4.69, 9.17) is 25.5 Å². The second-order valence-corrected chi connectivity index (χ2v) is 8.76. The van der Waals surface area contributed by atoms with Crippen LogP contribution in [0.3, 0.4) is 0 Å². The van der Waals surface area contributed by atoms with Crippen molar-refractivity contribution in [3.63, 3.8) is 0 Å². The molecule has 2 heterocycles. The molecule has 5 rings (SSSR count). The maximum atomic E-state index is 13.7. The number of nitrogens with zero attached hydrogens (tertiary/aromatic N) is 1. The van der Waals surface area contributed by atoms with E-state index >= 15 is 0 Å². The van der Waals surface area contributed by atoms with Gasteiger partial charge in [-0.2, -0.15) is 0 Å². The third-order valence-electron chi connectivity index (χ3n) is 6.09. The van der Waals surface area contributed by atoms with Gasteiger partial charge in [0, 0.05) is 10.7 Å². The van der Waals surface area contributed by atoms with Crippen LogP contribution < -0.4 is 15.1 Å². The summed E-state index contributed by atoms with van der Waals surface area (Å²) < 4.78 is 16.5. The molecule has 9 heteroatoms. The number of benzene rings is 3. The number of amides is 1. The number of hydrogen-bond donors (Lipinski definition) is 1. The number of rotatable bonds is 6. The lowest BCUT2D eigenvalue weighted by Gasteiger charge is -2.26. The van der Waals surface area contributed by atoms with Crippen molar-refractivity contribution in [2.24, 2.45) is 0 Å². The first kappa shape index (κ1) is 24.4. The Morgan fingerprint density at radius 2 is 1.78 bits per heavy atom. The molecule has 1 unspecified atom stereocenters. The van der Waals surface area contributed by atoms with Crippen LogP contribution in [0.4, 0.5) is 5.69 Å². The van der Waals surface area contributed by atoms with Crippen molar-refractivity contribution in [1.29, 1.82) is 0 Å². The zero-order valence-electron chi connectivity index (χ0n) is 20.0. The van der Waals surface area contributed by atoms with Gasteiger partial charge in [0.1, 0.15) is 5.58 Å². The SMILES string of the molecule is CCOC(=O)c1ccc(N2C(=O)c3oc4ccc(Cl)cc4c(=O)c3C2c2ccc(O)c(OCC)c2)cc1. The molecule has 4 aromatic rings. The lowest BCUT2D eigenvalue weighted by atomic mass is 9.97. The van der Waals surface area contributed by atoms with Gasteiger partial charge >= 0.3 is 5.97 Å². The summed E-state index contributed by atoms with van der Waals surface area (Å²) in [6.07, 6.45) is 0. The van der Waals surface area contributed by atoms with Crippen molar-refractivity contribution >= 4 is 40.1 Å². The fraction of sp³-hybridized carbons (Fsp3) is 0.179. The van der Waals surface area contributed by atoms with Gasteiger partial charge in [0.25, 0.3) is 5.91 Å². The maximum Gasteiger partial charge on any atom is 0.338 e. The number of carbonyl (C=O) groups excluding carboxylic acids is 2. The molecule has 1 atom stereocenters. The lowest BCUT2D eigenvalue weighted by Crippen LogP contribution is -2.29. The normalized spacial score (nSPS) is 14.6. The number of phenols is 1. The number of hydrogen-bond acceptors (Lipinski definition) is 7. The van der Waals surface area contributed by atoms with Crippen LogP contribution in [-0.2, 0) is 4.74 Å². The quantitative estimate of drug-likeness (QED) is 0.336. The van der Waals surface area contributed by atoms with Gasteiger partial charge in [-0.1, -0.05) is 17.7 Å². The zero-order chi connectivity index (χ0) is 26.3. The first-order valence-corrected chi connectivity index (χ1v) is 12.0. The van der Waals surface area contributed by atoms with E-state index in [2.05, 4.69) is 0 Å². The highest BCUT2D eigenvalue weighted by molar-refractivity contribution is 6.31. The van der Waals surface area contributed by atoms with Gasteiger partial charge in [-0.05, 0) is 74.0 Å². The molecule has 0 saturated carbocycles. The lowest BCUT2D eigenvalue weighted by molar-refractivity contribution is 0.0526. The van der Waals surface area contributed by atoms with Crippen molar-refractivity contribution < 1.29 is 28.6 Å². The minimum absolute atomic E-state index is 0.0715. The Labute approximate surface area is 216 Å². The highest BCUT2D eigenvalue weighted by Crippen LogP contribution is 2.43. The molecule has 0 aliphatic carbocycles. The van der Waals surface area contributed by atoms with Gasteiger partial charge < -0.3 is 19.0 Å². The van der Waals surface area contributed by atoms with Crippen molar-refractivity contribution in [1.82, 2.24) is 0 Å². The summed E-state index contributed by atoms with van der Waals surface area (Å²) in [4.78, 5) is 41.0. The van der Waals surface area contributed by atoms with Gasteiger partial charge in [0.2, 0.25) is 5.76 Å². The van der Waals surface area contributed by atoms with E-state index in [1.165, 1.54) is 17.0 Å². The Kier molecular flexibility index (Phi) is 6.35. The van der Waals surface area contributed by atoms with Crippen LogP contribution in [0.5, 0.6) is 11.5 Å². The summed E-state index contributed by atoms with van der Waals surface area (Å²) in [5.74, 6) is -0.958. The Morgan fingerprint density at radius 3 is 2.49 bits per heavy atom. The molecule has 1 aliphatic rings. The van der Waals surface area contributed by atoms with Crippen LogP contribution in [0, 0.1) is 0 Å². The number of anilines is 1. The summed E-state index contributed by atoms with van der Waals surface area (Å²) in [5, 5.41) is 10.8. The largest absolute Gasteiger partial charge is 0.504 e. The van der Waals surface area contributed by atoms with Crippen molar-refractivity contribution in [3.8, 4) is 11.5 Å². The monoisotopic (exact) mass is 519 g/mol. The molecule has 8 nitrogen and oxygen atoms in total. The van der Waals surface area contributed by atoms with Crippen molar-refractivity contribution in [2.45, 2.75) is 19.9 Å². The molecule has 37 heavy (non-hydrogen) atoms. The van der Waals surface area contributed by atoms with Crippen molar-refractivity contribution in [3.05, 3.63) is 98.4 Å². The summed E-state index contributed by atoms with van der Waals surface area (Å²) >= 11 is 6.14. The fourth-order valence-corrected chi connectivity index (χ4v) is 4.64. The van der Waals surface area contributed by atoms with Crippen molar-refractivity contribution in [2.75, 3.05) is 18.1 Å². The summed E-state index contributed by atoms with van der Waals surface area (Å²) in [5.41, 5.74) is 1.26. The van der Waals surface area contributed by atoms with E-state index in [1.54, 1.807) is 62.4 Å². The number of ether oxygens (including phenoxy) is 2. The third kappa shape index (κ3) is 4.19. The van der Waals surface area contributed by atoms with E-state index in [-0.39, 0.29) is 40.4 Å². The molecule has 1 amide bonds. The Morgan fingerprint density at radius 1 is 1.03 bits per heavy atom. The molecule has 1 aromatic heterocycles. The van der Waals surface area contributed by atoms with E-state index in [0.717, 1.165) is 0 Å². The number of carbonyl (C=O) groups is 2. The number of aromatic hydroxyl groups is 1. The number of fused-ring (bicyclic) bond motifs is 2. The molecule has 3 aromatic carbocycles. The van der Waals surface area contributed by atoms with Gasteiger partial charge in [-0.25, -0.2) is 4.79 Å². The molecular weight excluding hydrogens is 498 g/mol. The average molecular weight is 520 g/mol. The standard InChI is InChI=1S/C28H22ClNO7/c1-3-35-22-13-16(7-11-20(22)31)24-23-25(32)19-14-17(29)8-12-21(19)37-26(23)27(33)30(24)18-9-5-15(6-10-18)28(34)36-4-2/h5-14,24,31H,3-4H2,1-2H3. The van der Waals surface area contributed by atoms with Gasteiger partial charge in [-0.3, -0.25) is 14.5 Å². The molecule has 188 valence electrons. The Bertz CT molecular complexity index is 1590. The number of phenolic OH excluding ortho intramolecular Hbond substituents is 1. The highest BCUT2D eigenvalue weighted by Gasteiger charge is 2.44. The Hall–Kier alpha value is -4.30. The molecule has 1 N–H and O–H groups in total. The van der Waals surface area contributed by atoms with Gasteiger partial charge in [0.05, 0.1) is 35.8 Å². The van der Waals surface area contributed by atoms with Crippen LogP contribution in [0.1, 0.15) is 51.9 Å². The van der Waals surface area contributed by atoms with E-state index in [1.807, 2.05) is 0 Å². The first-order valence-electron chi connectivity index (χ1n) is 11.7. The summed E-state index contributed by atoms with van der Waals surface area (Å²) in [7, 11) is 0. The minimum atomic E-state index is -0.893. The predicted octanol–water partition coefficient (Wildman–Crippen LogP) is 5.48. The summed E-state index contributed by atoms with van der Waals surface area (Å²) in [6, 6.07) is 14.7. The van der Waals surface area contributed by atoms with E-state index in [0.29, 0.717) is 28.4 Å². The maximum absolute atomic E-state index is 13.7. The smallest absolute Gasteiger partial charge is 0.338 e. The molecule has 0 bridgehead atoms. The number of halogens is 1. The zero-order valence-corrected chi connectivity index (χ0v) is 20.7. The van der Waals surface area contributed by atoms with Crippen LogP contribution in [0.15, 0.2) is 69.9 Å². The topological polar surface area (TPSA) is 106 Å². The summed E-state index contributed by atoms with van der Waals surface area (Å²) in [6.45, 7) is 4.03. The molecule has 0 spiro atoms. The minimum Gasteiger partial charge on any atom is -0.504 e. The molecule has 1 aliphatic heterocycles. The van der Waals surface area contributed by atoms with Crippen LogP contribution in [0.25, 0.3) is 11.0 Å². The molecule has 0 radical (unpaired) electrons. The van der Waals surface area contributed by atoms with Crippen LogP contribution in [-0.4, -0.2) is 30.2 Å².